The highest BCUT2D eigenvalue weighted by molar-refractivity contribution is 5.96. The summed E-state index contributed by atoms with van der Waals surface area (Å²) in [6.45, 7) is 3.70. The van der Waals surface area contributed by atoms with E-state index in [1.54, 1.807) is 0 Å². The number of ether oxygens (including phenoxy) is 1. The summed E-state index contributed by atoms with van der Waals surface area (Å²) < 4.78 is 7.08. The molecule has 2 heterocycles. The van der Waals surface area contributed by atoms with Gasteiger partial charge in [-0.3, -0.25) is 4.79 Å². The van der Waals surface area contributed by atoms with Crippen LogP contribution in [0.2, 0.25) is 0 Å². The summed E-state index contributed by atoms with van der Waals surface area (Å²) in [6.07, 6.45) is 4.14. The Hall–Kier alpha value is -3.15. The number of likely N-dealkylation sites (tertiary alicyclic amines) is 1. The Morgan fingerprint density at radius 1 is 0.919 bits per heavy atom. The van der Waals surface area contributed by atoms with Gasteiger partial charge in [-0.1, -0.05) is 66.7 Å². The molecule has 1 unspecified atom stereocenters. The molecule has 1 fully saturated rings. The summed E-state index contributed by atoms with van der Waals surface area (Å²) in [7, 11) is 2.26. The zero-order valence-electron chi connectivity index (χ0n) is 21.9. The number of piperidine rings is 1. The first-order chi connectivity index (χ1) is 18.0. The lowest BCUT2D eigenvalue weighted by Gasteiger charge is -2.41. The van der Waals surface area contributed by atoms with Crippen LogP contribution in [0.15, 0.2) is 78.9 Å². The minimum Gasteiger partial charge on any atom is -0.490 e. The van der Waals surface area contributed by atoms with Crippen molar-refractivity contribution in [3.05, 3.63) is 95.6 Å². The maximum Gasteiger partial charge on any atom is 0.227 e. The van der Waals surface area contributed by atoms with E-state index in [9.17, 15) is 9.90 Å². The molecule has 5 rings (SSSR count). The molecule has 194 valence electrons. The zero-order valence-corrected chi connectivity index (χ0v) is 21.9. The molecule has 5 nitrogen and oxygen atoms in total. The van der Waals surface area contributed by atoms with Crippen molar-refractivity contribution in [3.8, 4) is 5.75 Å². The lowest BCUT2D eigenvalue weighted by atomic mass is 9.89. The fourth-order valence-corrected chi connectivity index (χ4v) is 5.96. The average molecular weight is 500 g/mol. The van der Waals surface area contributed by atoms with E-state index in [-0.39, 0.29) is 12.5 Å². The molecule has 0 radical (unpaired) electrons. The van der Waals surface area contributed by atoms with Gasteiger partial charge in [-0.15, -0.1) is 0 Å². The van der Waals surface area contributed by atoms with E-state index < -0.39 is 6.10 Å². The number of quaternary nitrogens is 1. The second kappa shape index (κ2) is 11.5. The highest BCUT2D eigenvalue weighted by atomic mass is 16.5. The van der Waals surface area contributed by atoms with E-state index in [2.05, 4.69) is 37.4 Å². The summed E-state index contributed by atoms with van der Waals surface area (Å²) in [5.74, 6) is 1.65. The third kappa shape index (κ3) is 6.41. The predicted molar refractivity (Wildman–Crippen MR) is 148 cm³/mol. The first-order valence-electron chi connectivity index (χ1n) is 13.6. The van der Waals surface area contributed by atoms with Crippen molar-refractivity contribution in [2.75, 3.05) is 38.2 Å². The topological polar surface area (TPSA) is 49.8 Å². The monoisotopic (exact) mass is 499 g/mol. The van der Waals surface area contributed by atoms with Gasteiger partial charge in [0.1, 0.15) is 25.0 Å². The molecule has 2 aliphatic rings. The normalized spacial score (nSPS) is 22.4. The van der Waals surface area contributed by atoms with Crippen molar-refractivity contribution in [3.63, 3.8) is 0 Å². The number of carbonyl (C=O) groups is 1. The van der Waals surface area contributed by atoms with Gasteiger partial charge in [0.2, 0.25) is 5.91 Å². The molecule has 0 aliphatic carbocycles. The van der Waals surface area contributed by atoms with Gasteiger partial charge in [-0.05, 0) is 54.9 Å². The lowest BCUT2D eigenvalue weighted by molar-refractivity contribution is -0.918. The van der Waals surface area contributed by atoms with Crippen LogP contribution in [-0.2, 0) is 24.2 Å². The molecule has 0 bridgehead atoms. The molecular weight excluding hydrogens is 460 g/mol. The molecule has 1 N–H and O–H groups in total. The van der Waals surface area contributed by atoms with Crippen molar-refractivity contribution < 1.29 is 19.1 Å². The van der Waals surface area contributed by atoms with Crippen LogP contribution in [0.5, 0.6) is 5.75 Å². The number of hydrogen-bond donors (Lipinski definition) is 1. The molecule has 0 spiro atoms. The molecule has 37 heavy (non-hydrogen) atoms. The second-order valence-electron chi connectivity index (χ2n) is 11.1. The number of likely N-dealkylation sites (N-methyl/N-ethyl adjacent to an activating group) is 1. The van der Waals surface area contributed by atoms with E-state index >= 15 is 0 Å². The van der Waals surface area contributed by atoms with E-state index in [4.69, 9.17) is 4.74 Å². The van der Waals surface area contributed by atoms with Crippen molar-refractivity contribution in [2.45, 2.75) is 44.8 Å². The number of rotatable bonds is 9. The fourth-order valence-electron chi connectivity index (χ4n) is 5.96. The summed E-state index contributed by atoms with van der Waals surface area (Å²) in [4.78, 5) is 14.6. The van der Waals surface area contributed by atoms with Crippen LogP contribution < -0.4 is 9.64 Å². The van der Waals surface area contributed by atoms with Crippen molar-refractivity contribution >= 4 is 11.6 Å². The molecule has 0 aromatic heterocycles. The van der Waals surface area contributed by atoms with Gasteiger partial charge in [0.05, 0.1) is 32.4 Å². The number of carbonyl (C=O) groups excluding carboxylic acids is 1. The van der Waals surface area contributed by atoms with Gasteiger partial charge >= 0.3 is 0 Å². The molecule has 1 amide bonds. The number of nitrogens with zero attached hydrogens (tertiary/aromatic N) is 2. The van der Waals surface area contributed by atoms with Crippen molar-refractivity contribution in [1.82, 2.24) is 0 Å². The number of aliphatic hydroxyl groups is 1. The quantitative estimate of drug-likeness (QED) is 0.422. The number of fused-ring (bicyclic) bond motifs is 1. The molecule has 1 saturated heterocycles. The van der Waals surface area contributed by atoms with E-state index in [1.807, 2.05) is 53.4 Å². The van der Waals surface area contributed by atoms with Gasteiger partial charge < -0.3 is 19.2 Å². The van der Waals surface area contributed by atoms with Crippen LogP contribution in [0.25, 0.3) is 0 Å². The standard InChI is InChI=1S/C32H39N2O3/c1-34(19-17-26(18-20-34)21-25-9-4-2-5-10-25)23-28(35)24-37-31-14-8-13-30-29(31)15-16-32(36)33(30)22-27-11-6-3-7-12-27/h2-14,26,28,35H,15-24H2,1H3/q+1. The molecule has 2 aliphatic heterocycles. The van der Waals surface area contributed by atoms with Gasteiger partial charge in [-0.2, -0.15) is 0 Å². The molecule has 3 aromatic rings. The van der Waals surface area contributed by atoms with E-state index in [0.29, 0.717) is 25.9 Å². The summed E-state index contributed by atoms with van der Waals surface area (Å²) in [5, 5.41) is 10.9. The number of anilines is 1. The van der Waals surface area contributed by atoms with E-state index in [0.717, 1.165) is 52.5 Å². The number of amides is 1. The molecule has 3 aromatic carbocycles. The molecular formula is C32H39N2O3+. The summed E-state index contributed by atoms with van der Waals surface area (Å²) in [5.41, 5.74) is 4.51. The van der Waals surface area contributed by atoms with Gasteiger partial charge in [-0.25, -0.2) is 0 Å². The second-order valence-corrected chi connectivity index (χ2v) is 11.1. The Morgan fingerprint density at radius 2 is 1.59 bits per heavy atom. The number of benzene rings is 3. The predicted octanol–water partition coefficient (Wildman–Crippen LogP) is 5.01. The smallest absolute Gasteiger partial charge is 0.227 e. The largest absolute Gasteiger partial charge is 0.490 e. The van der Waals surface area contributed by atoms with Crippen LogP contribution in [0.1, 0.15) is 36.0 Å². The maximum atomic E-state index is 12.8. The van der Waals surface area contributed by atoms with Crippen molar-refractivity contribution in [1.29, 1.82) is 0 Å². The maximum absolute atomic E-state index is 12.8. The van der Waals surface area contributed by atoms with Crippen molar-refractivity contribution in [2.24, 2.45) is 5.92 Å². The highest BCUT2D eigenvalue weighted by Gasteiger charge is 2.33. The van der Waals surface area contributed by atoms with Gasteiger partial charge in [0, 0.05) is 12.0 Å². The van der Waals surface area contributed by atoms with Crippen LogP contribution >= 0.6 is 0 Å². The zero-order chi connectivity index (χ0) is 25.7. The first-order valence-corrected chi connectivity index (χ1v) is 13.6. The Kier molecular flexibility index (Phi) is 7.92. The SMILES string of the molecule is C[N+]1(CC(O)COc2cccc3c2CCC(=O)N3Cc2ccccc2)CCC(Cc2ccccc2)CC1. The first kappa shape index (κ1) is 25.5. The Morgan fingerprint density at radius 3 is 2.30 bits per heavy atom. The number of hydrogen-bond acceptors (Lipinski definition) is 3. The molecule has 1 atom stereocenters. The molecule has 0 saturated carbocycles. The third-order valence-corrected chi connectivity index (χ3v) is 8.08. The Balaban J connectivity index is 1.16. The summed E-state index contributed by atoms with van der Waals surface area (Å²) >= 11 is 0. The Labute approximate surface area is 220 Å². The van der Waals surface area contributed by atoms with E-state index in [1.165, 1.54) is 18.4 Å². The average Bonchev–Trinajstić information content (AvgIpc) is 2.91. The number of aliphatic hydroxyl groups excluding tert-OH is 1. The highest BCUT2D eigenvalue weighted by Crippen LogP contribution is 2.36. The minimum absolute atomic E-state index is 0.140. The lowest BCUT2D eigenvalue weighted by Crippen LogP contribution is -2.54. The van der Waals surface area contributed by atoms with Crippen LogP contribution in [0.3, 0.4) is 0 Å². The van der Waals surface area contributed by atoms with Gasteiger partial charge in [0.15, 0.2) is 0 Å². The minimum atomic E-state index is -0.530. The van der Waals surface area contributed by atoms with Crippen LogP contribution in [0.4, 0.5) is 5.69 Å². The summed E-state index contributed by atoms with van der Waals surface area (Å²) in [6, 6.07) is 26.8. The Bertz CT molecular complexity index is 1170. The third-order valence-electron chi connectivity index (χ3n) is 8.08. The fraction of sp³-hybridized carbons (Fsp3) is 0.406. The van der Waals surface area contributed by atoms with Crippen LogP contribution in [0, 0.1) is 5.92 Å². The van der Waals surface area contributed by atoms with Gasteiger partial charge in [0.25, 0.3) is 0 Å². The van der Waals surface area contributed by atoms with Crippen LogP contribution in [-0.4, -0.2) is 54.9 Å². The molecule has 5 heteroatoms.